The number of β-lactam (4-membered cyclic amide) rings is 1. The van der Waals surface area contributed by atoms with Crippen molar-refractivity contribution in [1.82, 2.24) is 10.2 Å². The van der Waals surface area contributed by atoms with Gasteiger partial charge >= 0.3 is 57.4 Å². The fraction of sp³-hybridized carbons (Fsp3) is 0.385. The average molecular weight is 533 g/mol. The SMILES string of the molecule is CC1(C)SC2C(NC(=O)C(C(=O)Oc3ccc4c(c3)CCC4)c3ccccc3)C(=O)N2C1C(=O)[O-].[K+]. The molecule has 4 unspecified atom stereocenters. The van der Waals surface area contributed by atoms with Crippen LogP contribution < -0.4 is 66.5 Å². The minimum Gasteiger partial charge on any atom is -0.548 e. The molecule has 0 spiro atoms. The molecular weight excluding hydrogens is 507 g/mol. The van der Waals surface area contributed by atoms with Gasteiger partial charge in [0.15, 0.2) is 5.92 Å². The third kappa shape index (κ3) is 4.91. The van der Waals surface area contributed by atoms with E-state index in [1.165, 1.54) is 22.2 Å². The second kappa shape index (κ2) is 10.6. The van der Waals surface area contributed by atoms with Crippen LogP contribution >= 0.6 is 11.8 Å². The molecule has 182 valence electrons. The van der Waals surface area contributed by atoms with E-state index in [1.807, 2.05) is 12.1 Å². The number of esters is 1. The number of aliphatic carboxylic acids is 1. The summed E-state index contributed by atoms with van der Waals surface area (Å²) in [6, 6.07) is 12.0. The molecule has 1 aliphatic carbocycles. The zero-order valence-electron chi connectivity index (χ0n) is 20.4. The van der Waals surface area contributed by atoms with Crippen LogP contribution in [0.4, 0.5) is 0 Å². The summed E-state index contributed by atoms with van der Waals surface area (Å²) in [6.45, 7) is 3.45. The monoisotopic (exact) mass is 532 g/mol. The number of carbonyl (C=O) groups is 4. The predicted octanol–water partition coefficient (Wildman–Crippen LogP) is -1.83. The minimum absolute atomic E-state index is 0. The van der Waals surface area contributed by atoms with Crippen LogP contribution in [-0.4, -0.2) is 50.9 Å². The maximum Gasteiger partial charge on any atom is 1.00 e. The van der Waals surface area contributed by atoms with Crippen LogP contribution in [0, 0.1) is 0 Å². The molecule has 0 radical (unpaired) electrons. The van der Waals surface area contributed by atoms with Crippen molar-refractivity contribution in [3.05, 3.63) is 65.2 Å². The Morgan fingerprint density at radius 1 is 1.11 bits per heavy atom. The van der Waals surface area contributed by atoms with Crippen LogP contribution in [-0.2, 0) is 32.0 Å². The number of rotatable bonds is 6. The van der Waals surface area contributed by atoms with Gasteiger partial charge in [0.1, 0.15) is 17.2 Å². The molecule has 3 aliphatic rings. The first-order valence-electron chi connectivity index (χ1n) is 11.6. The van der Waals surface area contributed by atoms with E-state index in [-0.39, 0.29) is 51.4 Å². The Morgan fingerprint density at radius 3 is 2.50 bits per heavy atom. The number of aryl methyl sites for hydroxylation is 2. The smallest absolute Gasteiger partial charge is 0.548 e. The number of carboxylic acid groups (broad SMARTS) is 1. The summed E-state index contributed by atoms with van der Waals surface area (Å²) in [7, 11) is 0. The van der Waals surface area contributed by atoms with Crippen molar-refractivity contribution in [3.63, 3.8) is 0 Å². The molecule has 2 saturated heterocycles. The molecule has 2 amide bonds. The molecule has 10 heteroatoms. The summed E-state index contributed by atoms with van der Waals surface area (Å²) in [6.07, 6.45) is 2.98. The van der Waals surface area contributed by atoms with E-state index in [0.29, 0.717) is 11.3 Å². The molecule has 2 heterocycles. The van der Waals surface area contributed by atoms with Crippen molar-refractivity contribution in [2.24, 2.45) is 0 Å². The summed E-state index contributed by atoms with van der Waals surface area (Å²) in [5, 5.41) is 13.8. The first-order valence-corrected chi connectivity index (χ1v) is 12.4. The van der Waals surface area contributed by atoms with Gasteiger partial charge in [-0.3, -0.25) is 14.4 Å². The average Bonchev–Trinajstić information content (AvgIpc) is 3.38. The van der Waals surface area contributed by atoms with Gasteiger partial charge in [0.25, 0.3) is 0 Å². The van der Waals surface area contributed by atoms with Gasteiger partial charge in [-0.25, -0.2) is 0 Å². The van der Waals surface area contributed by atoms with E-state index in [2.05, 4.69) is 5.32 Å². The van der Waals surface area contributed by atoms with Gasteiger partial charge in [-0.1, -0.05) is 36.4 Å². The molecular formula is C26H25KN2O6S. The predicted molar refractivity (Wildman–Crippen MR) is 126 cm³/mol. The molecule has 2 aromatic carbocycles. The summed E-state index contributed by atoms with van der Waals surface area (Å²) in [5.41, 5.74) is 2.81. The van der Waals surface area contributed by atoms with E-state index in [1.54, 1.807) is 50.2 Å². The van der Waals surface area contributed by atoms with Gasteiger partial charge in [0.2, 0.25) is 11.8 Å². The standard InChI is InChI=1S/C26H26N2O6S.K/c1-26(2)20(24(31)32)28-22(30)19(23(28)35-26)27-21(29)18(15-7-4-3-5-8-15)25(33)34-17-12-11-14-9-6-10-16(14)13-17;/h3-5,7-8,11-13,18-20,23H,6,9-10H2,1-2H3,(H,27,29)(H,31,32);/q;+1/p-1. The number of amides is 2. The van der Waals surface area contributed by atoms with E-state index in [9.17, 15) is 24.3 Å². The first kappa shape index (κ1) is 27.3. The van der Waals surface area contributed by atoms with Gasteiger partial charge in [-0.2, -0.15) is 0 Å². The van der Waals surface area contributed by atoms with Crippen molar-refractivity contribution < 1.29 is 80.4 Å². The third-order valence-corrected chi connectivity index (χ3v) is 8.45. The normalized spacial score (nSPS) is 24.0. The topological polar surface area (TPSA) is 116 Å². The Balaban J connectivity index is 0.00000304. The summed E-state index contributed by atoms with van der Waals surface area (Å²) < 4.78 is 4.85. The first-order chi connectivity index (χ1) is 16.7. The zero-order chi connectivity index (χ0) is 24.9. The van der Waals surface area contributed by atoms with Crippen LogP contribution in [0.15, 0.2) is 48.5 Å². The Hall–Kier alpha value is -1.69. The Morgan fingerprint density at radius 2 is 1.81 bits per heavy atom. The van der Waals surface area contributed by atoms with E-state index in [4.69, 9.17) is 4.74 Å². The molecule has 2 aromatic rings. The molecule has 0 saturated carbocycles. The quantitative estimate of drug-likeness (QED) is 0.153. The number of hydrogen-bond acceptors (Lipinski definition) is 7. The van der Waals surface area contributed by atoms with Crippen molar-refractivity contribution in [1.29, 1.82) is 0 Å². The molecule has 4 atom stereocenters. The molecule has 0 bridgehead atoms. The summed E-state index contributed by atoms with van der Waals surface area (Å²) in [4.78, 5) is 52.3. The zero-order valence-corrected chi connectivity index (χ0v) is 24.3. The van der Waals surface area contributed by atoms with E-state index >= 15 is 0 Å². The maximum absolute atomic E-state index is 13.4. The second-order valence-corrected chi connectivity index (χ2v) is 11.4. The Bertz CT molecular complexity index is 1220. The third-order valence-electron chi connectivity index (χ3n) is 6.88. The van der Waals surface area contributed by atoms with Gasteiger partial charge in [0, 0.05) is 4.75 Å². The molecule has 1 N–H and O–H groups in total. The molecule has 0 aromatic heterocycles. The molecule has 36 heavy (non-hydrogen) atoms. The van der Waals surface area contributed by atoms with Crippen molar-refractivity contribution >= 4 is 35.5 Å². The minimum atomic E-state index is -1.33. The number of benzene rings is 2. The Kier molecular flexibility index (Phi) is 8.04. The number of nitrogens with one attached hydrogen (secondary N) is 1. The van der Waals surface area contributed by atoms with Crippen molar-refractivity contribution in [3.8, 4) is 5.75 Å². The molecule has 2 fully saturated rings. The largest absolute Gasteiger partial charge is 1.00 e. The Labute approximate surface area is 255 Å². The fourth-order valence-corrected chi connectivity index (χ4v) is 6.81. The van der Waals surface area contributed by atoms with Gasteiger partial charge in [0.05, 0.1) is 12.0 Å². The van der Waals surface area contributed by atoms with Crippen LogP contribution in [0.2, 0.25) is 0 Å². The summed E-state index contributed by atoms with van der Waals surface area (Å²) in [5.74, 6) is -4.17. The number of ether oxygens (including phenoxy) is 1. The number of carboxylic acids is 1. The van der Waals surface area contributed by atoms with Crippen LogP contribution in [0.3, 0.4) is 0 Å². The van der Waals surface area contributed by atoms with Crippen molar-refractivity contribution in [2.75, 3.05) is 0 Å². The number of hydrogen-bond donors (Lipinski definition) is 1. The number of carbonyl (C=O) groups excluding carboxylic acids is 4. The van der Waals surface area contributed by atoms with Crippen LogP contribution in [0.25, 0.3) is 0 Å². The molecule has 2 aliphatic heterocycles. The maximum atomic E-state index is 13.4. The van der Waals surface area contributed by atoms with Gasteiger partial charge in [-0.15, -0.1) is 11.8 Å². The van der Waals surface area contributed by atoms with Crippen LogP contribution in [0.1, 0.15) is 42.9 Å². The van der Waals surface area contributed by atoms with Crippen LogP contribution in [0.5, 0.6) is 5.75 Å². The fourth-order valence-electron chi connectivity index (χ4n) is 5.19. The van der Waals surface area contributed by atoms with E-state index < -0.39 is 51.9 Å². The van der Waals surface area contributed by atoms with Gasteiger partial charge < -0.3 is 24.9 Å². The van der Waals surface area contributed by atoms with Gasteiger partial charge in [-0.05, 0) is 61.9 Å². The second-order valence-electron chi connectivity index (χ2n) is 9.61. The molecule has 8 nitrogen and oxygen atoms in total. The number of nitrogens with zero attached hydrogens (tertiary/aromatic N) is 1. The van der Waals surface area contributed by atoms with Crippen molar-refractivity contribution in [2.45, 2.75) is 61.2 Å². The molecule has 5 rings (SSSR count). The van der Waals surface area contributed by atoms with E-state index in [0.717, 1.165) is 24.8 Å². The number of fused-ring (bicyclic) bond motifs is 2. The number of thioether (sulfide) groups is 1. The summed E-state index contributed by atoms with van der Waals surface area (Å²) >= 11 is 1.29.